The van der Waals surface area contributed by atoms with Crippen LogP contribution >= 0.6 is 0 Å². The monoisotopic (exact) mass is 329 g/mol. The molecule has 0 spiro atoms. The van der Waals surface area contributed by atoms with Gasteiger partial charge in [0.2, 0.25) is 5.91 Å². The number of carbonyl (C=O) groups is 2. The lowest BCUT2D eigenvalue weighted by Crippen LogP contribution is -2.43. The van der Waals surface area contributed by atoms with Crippen LogP contribution in [0.15, 0.2) is 46.9 Å². The van der Waals surface area contributed by atoms with E-state index in [1.165, 1.54) is 7.11 Å². The zero-order valence-electron chi connectivity index (χ0n) is 14.3. The van der Waals surface area contributed by atoms with Crippen LogP contribution in [0.4, 0.5) is 0 Å². The van der Waals surface area contributed by atoms with E-state index in [9.17, 15) is 9.59 Å². The molecule has 0 aliphatic rings. The lowest BCUT2D eigenvalue weighted by atomic mass is 10.1. The van der Waals surface area contributed by atoms with E-state index < -0.39 is 12.0 Å². The minimum Gasteiger partial charge on any atom is -0.467 e. The maximum atomic E-state index is 12.7. The number of hydrogen-bond acceptors (Lipinski definition) is 4. The molecule has 128 valence electrons. The molecule has 24 heavy (non-hydrogen) atoms. The van der Waals surface area contributed by atoms with Crippen LogP contribution in [0, 0.1) is 6.92 Å². The number of esters is 1. The molecular weight excluding hydrogens is 306 g/mol. The molecular formula is C19H23NO4. The number of aryl methyl sites for hydroxylation is 2. The van der Waals surface area contributed by atoms with Crippen LogP contribution in [0.1, 0.15) is 30.4 Å². The summed E-state index contributed by atoms with van der Waals surface area (Å²) < 4.78 is 10.3. The first-order chi connectivity index (χ1) is 11.5. The quantitative estimate of drug-likeness (QED) is 0.732. The summed E-state index contributed by atoms with van der Waals surface area (Å²) in [6.45, 7) is 3.92. The van der Waals surface area contributed by atoms with Crippen molar-refractivity contribution in [2.24, 2.45) is 0 Å². The summed E-state index contributed by atoms with van der Waals surface area (Å²) >= 11 is 0. The van der Waals surface area contributed by atoms with Crippen LogP contribution in [0.3, 0.4) is 0 Å². The number of rotatable bonds is 7. The van der Waals surface area contributed by atoms with E-state index in [1.54, 1.807) is 11.8 Å². The summed E-state index contributed by atoms with van der Waals surface area (Å²) in [5.41, 5.74) is 0.968. The van der Waals surface area contributed by atoms with E-state index in [1.807, 2.05) is 49.4 Å². The molecule has 5 heteroatoms. The van der Waals surface area contributed by atoms with Crippen LogP contribution in [0.25, 0.3) is 0 Å². The maximum Gasteiger partial charge on any atom is 0.328 e. The highest BCUT2D eigenvalue weighted by Crippen LogP contribution is 2.14. The van der Waals surface area contributed by atoms with Crippen molar-refractivity contribution < 1.29 is 18.7 Å². The van der Waals surface area contributed by atoms with Crippen molar-refractivity contribution in [3.63, 3.8) is 0 Å². The molecule has 1 amide bonds. The predicted octanol–water partition coefficient (Wildman–Crippen LogP) is 3.11. The Morgan fingerprint density at radius 2 is 1.88 bits per heavy atom. The fraction of sp³-hybridized carbons (Fsp3) is 0.368. The van der Waals surface area contributed by atoms with E-state index >= 15 is 0 Å². The molecule has 1 aromatic carbocycles. The minimum absolute atomic E-state index is 0.106. The van der Waals surface area contributed by atoms with Crippen LogP contribution < -0.4 is 0 Å². The third-order valence-electron chi connectivity index (χ3n) is 3.91. The van der Waals surface area contributed by atoms with Gasteiger partial charge in [0.25, 0.3) is 0 Å². The van der Waals surface area contributed by atoms with Gasteiger partial charge in [-0.2, -0.15) is 0 Å². The molecule has 0 N–H and O–H groups in total. The van der Waals surface area contributed by atoms with Gasteiger partial charge in [0.05, 0.1) is 7.11 Å². The number of ether oxygens (including phenoxy) is 1. The summed E-state index contributed by atoms with van der Waals surface area (Å²) in [6, 6.07) is 12.7. The first-order valence-corrected chi connectivity index (χ1v) is 7.97. The predicted molar refractivity (Wildman–Crippen MR) is 90.2 cm³/mol. The van der Waals surface area contributed by atoms with Gasteiger partial charge in [0.1, 0.15) is 17.6 Å². The number of furan rings is 1. The number of nitrogens with zero attached hydrogens (tertiary/aromatic N) is 1. The second-order valence-corrected chi connectivity index (χ2v) is 5.72. The normalized spacial score (nSPS) is 11.8. The summed E-state index contributed by atoms with van der Waals surface area (Å²) in [6.07, 6.45) is 0.785. The Morgan fingerprint density at radius 1 is 1.17 bits per heavy atom. The van der Waals surface area contributed by atoms with Gasteiger partial charge in [-0.1, -0.05) is 30.3 Å². The van der Waals surface area contributed by atoms with Crippen molar-refractivity contribution in [2.45, 2.75) is 39.3 Å². The molecule has 0 aliphatic carbocycles. The van der Waals surface area contributed by atoms with Crippen LogP contribution in [-0.4, -0.2) is 29.9 Å². The second kappa shape index (κ2) is 8.34. The largest absolute Gasteiger partial charge is 0.467 e. The maximum absolute atomic E-state index is 12.7. The van der Waals surface area contributed by atoms with Gasteiger partial charge >= 0.3 is 5.97 Å². The van der Waals surface area contributed by atoms with Crippen molar-refractivity contribution in [2.75, 3.05) is 7.11 Å². The van der Waals surface area contributed by atoms with Gasteiger partial charge < -0.3 is 14.1 Å². The van der Waals surface area contributed by atoms with Crippen molar-refractivity contribution in [3.8, 4) is 0 Å². The van der Waals surface area contributed by atoms with Gasteiger partial charge in [0, 0.05) is 19.4 Å². The Hall–Kier alpha value is -2.56. The Kier molecular flexibility index (Phi) is 6.18. The minimum atomic E-state index is -0.638. The lowest BCUT2D eigenvalue weighted by molar-refractivity contribution is -0.152. The van der Waals surface area contributed by atoms with Crippen LogP contribution in [-0.2, 0) is 27.3 Å². The van der Waals surface area contributed by atoms with Crippen LogP contribution in [0.5, 0.6) is 0 Å². The molecule has 0 saturated heterocycles. The SMILES string of the molecule is COC(=O)[C@H](C)N(Cc1ccccc1)C(=O)CCc1ccc(C)o1. The van der Waals surface area contributed by atoms with Gasteiger partial charge in [-0.15, -0.1) is 0 Å². The average molecular weight is 329 g/mol. The molecule has 1 atom stereocenters. The summed E-state index contributed by atoms with van der Waals surface area (Å²) in [5, 5.41) is 0. The van der Waals surface area contributed by atoms with E-state index in [4.69, 9.17) is 9.15 Å². The first kappa shape index (κ1) is 17.8. The van der Waals surface area contributed by atoms with E-state index in [0.717, 1.165) is 17.1 Å². The Bertz CT molecular complexity index is 678. The number of benzene rings is 1. The molecule has 0 fully saturated rings. The van der Waals surface area contributed by atoms with Crippen molar-refractivity contribution in [1.82, 2.24) is 4.90 Å². The van der Waals surface area contributed by atoms with Crippen molar-refractivity contribution in [1.29, 1.82) is 0 Å². The fourth-order valence-corrected chi connectivity index (χ4v) is 2.51. The molecule has 0 bridgehead atoms. The highest BCUT2D eigenvalue weighted by atomic mass is 16.5. The zero-order chi connectivity index (χ0) is 17.5. The molecule has 0 aliphatic heterocycles. The highest BCUT2D eigenvalue weighted by Gasteiger charge is 2.26. The van der Waals surface area contributed by atoms with Gasteiger partial charge in [-0.05, 0) is 31.5 Å². The molecule has 0 radical (unpaired) electrons. The molecule has 0 unspecified atom stereocenters. The molecule has 2 rings (SSSR count). The molecule has 5 nitrogen and oxygen atoms in total. The standard InChI is InChI=1S/C19H23NO4/c1-14-9-10-17(24-14)11-12-18(21)20(15(2)19(22)23-3)13-16-7-5-4-6-8-16/h4-10,15H,11-13H2,1-3H3/t15-/m0/s1. The Morgan fingerprint density at radius 3 is 2.46 bits per heavy atom. The molecule has 0 saturated carbocycles. The third kappa shape index (κ3) is 4.72. The van der Waals surface area contributed by atoms with Crippen molar-refractivity contribution in [3.05, 3.63) is 59.5 Å². The smallest absolute Gasteiger partial charge is 0.328 e. The third-order valence-corrected chi connectivity index (χ3v) is 3.91. The second-order valence-electron chi connectivity index (χ2n) is 5.72. The Balaban J connectivity index is 2.08. The van der Waals surface area contributed by atoms with Gasteiger partial charge in [-0.25, -0.2) is 4.79 Å². The van der Waals surface area contributed by atoms with E-state index in [-0.39, 0.29) is 12.3 Å². The number of carbonyl (C=O) groups excluding carboxylic acids is 2. The van der Waals surface area contributed by atoms with Crippen molar-refractivity contribution >= 4 is 11.9 Å². The van der Waals surface area contributed by atoms with E-state index in [0.29, 0.717) is 13.0 Å². The average Bonchev–Trinajstić information content (AvgIpc) is 3.02. The molecule has 1 aromatic heterocycles. The van der Waals surface area contributed by atoms with Gasteiger partial charge in [0.15, 0.2) is 0 Å². The summed E-state index contributed by atoms with van der Waals surface area (Å²) in [7, 11) is 1.33. The number of hydrogen-bond donors (Lipinski definition) is 0. The molecule has 2 aromatic rings. The topological polar surface area (TPSA) is 59.8 Å². The molecule has 1 heterocycles. The van der Waals surface area contributed by atoms with E-state index in [2.05, 4.69) is 0 Å². The number of amides is 1. The zero-order valence-corrected chi connectivity index (χ0v) is 14.3. The number of methoxy groups -OCH3 is 1. The summed E-state index contributed by atoms with van der Waals surface area (Å²) in [5.74, 6) is 1.06. The van der Waals surface area contributed by atoms with Gasteiger partial charge in [-0.3, -0.25) is 4.79 Å². The first-order valence-electron chi connectivity index (χ1n) is 7.97. The fourth-order valence-electron chi connectivity index (χ4n) is 2.51. The highest BCUT2D eigenvalue weighted by molar-refractivity contribution is 5.84. The summed E-state index contributed by atoms with van der Waals surface area (Å²) in [4.78, 5) is 26.1. The Labute approximate surface area is 142 Å². The van der Waals surface area contributed by atoms with Crippen LogP contribution in [0.2, 0.25) is 0 Å². The lowest BCUT2D eigenvalue weighted by Gasteiger charge is -2.27.